The van der Waals surface area contributed by atoms with E-state index in [1.807, 2.05) is 6.20 Å². The molecule has 1 fully saturated rings. The Morgan fingerprint density at radius 2 is 2.05 bits per heavy atom. The first-order valence-corrected chi connectivity index (χ1v) is 7.30. The number of aromatic amines is 1. The highest BCUT2D eigenvalue weighted by atomic mass is 15.1. The quantitative estimate of drug-likeness (QED) is 0.864. The van der Waals surface area contributed by atoms with Crippen molar-refractivity contribution in [3.05, 3.63) is 41.2 Å². The van der Waals surface area contributed by atoms with Crippen LogP contribution in [0.15, 0.2) is 24.4 Å². The van der Waals surface area contributed by atoms with E-state index in [0.29, 0.717) is 6.04 Å². The van der Waals surface area contributed by atoms with Gasteiger partial charge in [0.15, 0.2) is 0 Å². The third-order valence-corrected chi connectivity index (χ3v) is 4.49. The van der Waals surface area contributed by atoms with Crippen molar-refractivity contribution in [1.29, 1.82) is 0 Å². The molecular formula is C16H19N3. The van der Waals surface area contributed by atoms with Gasteiger partial charge >= 0.3 is 0 Å². The molecule has 4 rings (SSSR count). The van der Waals surface area contributed by atoms with Crippen LogP contribution in [0.3, 0.4) is 0 Å². The smallest absolute Gasteiger partial charge is 0.0599 e. The van der Waals surface area contributed by atoms with E-state index < -0.39 is 0 Å². The van der Waals surface area contributed by atoms with Crippen LogP contribution in [0.5, 0.6) is 0 Å². The van der Waals surface area contributed by atoms with Crippen LogP contribution in [0, 0.1) is 0 Å². The SMILES string of the molecule is c1cc2c(cc1-c1cn[nH]c1C1CCCN1)CCC2. The summed E-state index contributed by atoms with van der Waals surface area (Å²) < 4.78 is 0. The van der Waals surface area contributed by atoms with Gasteiger partial charge in [-0.3, -0.25) is 5.10 Å². The van der Waals surface area contributed by atoms with Crippen molar-refractivity contribution in [3.63, 3.8) is 0 Å². The fourth-order valence-electron chi connectivity index (χ4n) is 3.46. The molecule has 0 bridgehead atoms. The van der Waals surface area contributed by atoms with Crippen molar-refractivity contribution in [2.45, 2.75) is 38.1 Å². The summed E-state index contributed by atoms with van der Waals surface area (Å²) in [4.78, 5) is 0. The number of benzene rings is 1. The molecular weight excluding hydrogens is 234 g/mol. The molecule has 0 spiro atoms. The number of fused-ring (bicyclic) bond motifs is 1. The van der Waals surface area contributed by atoms with Gasteiger partial charge in [-0.05, 0) is 55.3 Å². The number of hydrogen-bond donors (Lipinski definition) is 2. The normalized spacial score (nSPS) is 21.8. The standard InChI is InChI=1S/C16H19N3/c1-3-11-6-7-13(9-12(11)4-1)14-10-18-19-16(14)15-5-2-8-17-15/h6-7,9-10,15,17H,1-5,8H2,(H,18,19). The monoisotopic (exact) mass is 253 g/mol. The van der Waals surface area contributed by atoms with Gasteiger partial charge in [0.1, 0.15) is 0 Å². The van der Waals surface area contributed by atoms with Gasteiger partial charge in [-0.1, -0.05) is 18.2 Å². The largest absolute Gasteiger partial charge is 0.309 e. The van der Waals surface area contributed by atoms with Crippen LogP contribution < -0.4 is 5.32 Å². The van der Waals surface area contributed by atoms with Gasteiger partial charge in [-0.15, -0.1) is 0 Å². The summed E-state index contributed by atoms with van der Waals surface area (Å²) in [5.74, 6) is 0. The van der Waals surface area contributed by atoms with Crippen LogP contribution in [0.4, 0.5) is 0 Å². The van der Waals surface area contributed by atoms with E-state index in [0.717, 1.165) is 6.54 Å². The molecule has 2 heterocycles. The van der Waals surface area contributed by atoms with Crippen molar-refractivity contribution >= 4 is 0 Å². The number of rotatable bonds is 2. The highest BCUT2D eigenvalue weighted by molar-refractivity contribution is 5.67. The van der Waals surface area contributed by atoms with Gasteiger partial charge in [-0.2, -0.15) is 5.10 Å². The van der Waals surface area contributed by atoms with Crippen molar-refractivity contribution in [2.75, 3.05) is 6.54 Å². The van der Waals surface area contributed by atoms with Crippen molar-refractivity contribution in [3.8, 4) is 11.1 Å². The first-order chi connectivity index (χ1) is 9.42. The molecule has 3 nitrogen and oxygen atoms in total. The molecule has 0 amide bonds. The van der Waals surface area contributed by atoms with E-state index in [-0.39, 0.29) is 0 Å². The van der Waals surface area contributed by atoms with Crippen molar-refractivity contribution in [1.82, 2.24) is 15.5 Å². The topological polar surface area (TPSA) is 40.7 Å². The molecule has 2 aliphatic rings. The maximum atomic E-state index is 4.27. The Bertz CT molecular complexity index is 594. The predicted molar refractivity (Wildman–Crippen MR) is 76.0 cm³/mol. The second kappa shape index (κ2) is 4.49. The minimum atomic E-state index is 0.450. The van der Waals surface area contributed by atoms with Crippen LogP contribution in [-0.4, -0.2) is 16.7 Å². The Kier molecular flexibility index (Phi) is 2.66. The summed E-state index contributed by atoms with van der Waals surface area (Å²) in [6, 6.07) is 7.38. The van der Waals surface area contributed by atoms with Gasteiger partial charge in [0.2, 0.25) is 0 Å². The van der Waals surface area contributed by atoms with Crippen LogP contribution in [-0.2, 0) is 12.8 Å². The molecule has 1 atom stereocenters. The van der Waals surface area contributed by atoms with Gasteiger partial charge in [0, 0.05) is 11.6 Å². The summed E-state index contributed by atoms with van der Waals surface area (Å²) in [6.45, 7) is 1.12. The lowest BCUT2D eigenvalue weighted by molar-refractivity contribution is 0.626. The van der Waals surface area contributed by atoms with E-state index in [9.17, 15) is 0 Å². The molecule has 1 saturated heterocycles. The zero-order valence-corrected chi connectivity index (χ0v) is 11.1. The third kappa shape index (κ3) is 1.89. The van der Waals surface area contributed by atoms with Crippen molar-refractivity contribution in [2.24, 2.45) is 0 Å². The summed E-state index contributed by atoms with van der Waals surface area (Å²) >= 11 is 0. The maximum Gasteiger partial charge on any atom is 0.0599 e. The van der Waals surface area contributed by atoms with Crippen LogP contribution in [0.1, 0.15) is 42.1 Å². The average molecular weight is 253 g/mol. The Morgan fingerprint density at radius 1 is 1.11 bits per heavy atom. The van der Waals surface area contributed by atoms with Gasteiger partial charge in [-0.25, -0.2) is 0 Å². The Balaban J connectivity index is 1.74. The van der Waals surface area contributed by atoms with Gasteiger partial charge < -0.3 is 5.32 Å². The molecule has 0 radical (unpaired) electrons. The van der Waals surface area contributed by atoms with E-state index >= 15 is 0 Å². The Morgan fingerprint density at radius 3 is 2.95 bits per heavy atom. The number of aromatic nitrogens is 2. The number of H-pyrrole nitrogens is 1. The molecule has 19 heavy (non-hydrogen) atoms. The summed E-state index contributed by atoms with van der Waals surface area (Å²) in [5.41, 5.74) is 6.92. The average Bonchev–Trinajstić information content (AvgIpc) is 3.18. The maximum absolute atomic E-state index is 4.27. The fourth-order valence-corrected chi connectivity index (χ4v) is 3.46. The predicted octanol–water partition coefficient (Wildman–Crippen LogP) is 2.99. The molecule has 1 aromatic carbocycles. The molecule has 1 aliphatic heterocycles. The number of hydrogen-bond acceptors (Lipinski definition) is 2. The van der Waals surface area contributed by atoms with Crippen LogP contribution in [0.25, 0.3) is 11.1 Å². The Hall–Kier alpha value is -1.61. The number of nitrogens with one attached hydrogen (secondary N) is 2. The zero-order chi connectivity index (χ0) is 12.7. The lowest BCUT2D eigenvalue weighted by Crippen LogP contribution is -2.14. The molecule has 1 aromatic heterocycles. The molecule has 2 N–H and O–H groups in total. The molecule has 98 valence electrons. The second-order valence-corrected chi connectivity index (χ2v) is 5.68. The summed E-state index contributed by atoms with van der Waals surface area (Å²) in [5, 5.41) is 11.0. The minimum Gasteiger partial charge on any atom is -0.309 e. The molecule has 0 saturated carbocycles. The molecule has 2 aromatic rings. The first-order valence-electron chi connectivity index (χ1n) is 7.30. The fraction of sp³-hybridized carbons (Fsp3) is 0.438. The van der Waals surface area contributed by atoms with Crippen LogP contribution >= 0.6 is 0 Å². The van der Waals surface area contributed by atoms with E-state index in [4.69, 9.17) is 0 Å². The first kappa shape index (κ1) is 11.2. The van der Waals surface area contributed by atoms with Gasteiger partial charge in [0.05, 0.1) is 11.9 Å². The molecule has 1 aliphatic carbocycles. The minimum absolute atomic E-state index is 0.450. The zero-order valence-electron chi connectivity index (χ0n) is 11.1. The van der Waals surface area contributed by atoms with Crippen LogP contribution in [0.2, 0.25) is 0 Å². The highest BCUT2D eigenvalue weighted by Gasteiger charge is 2.22. The summed E-state index contributed by atoms with van der Waals surface area (Å²) in [7, 11) is 0. The van der Waals surface area contributed by atoms with E-state index in [2.05, 4.69) is 33.7 Å². The van der Waals surface area contributed by atoms with E-state index in [1.165, 1.54) is 60.1 Å². The molecule has 1 unspecified atom stereocenters. The van der Waals surface area contributed by atoms with E-state index in [1.54, 1.807) is 0 Å². The number of aryl methyl sites for hydroxylation is 2. The van der Waals surface area contributed by atoms with Crippen molar-refractivity contribution < 1.29 is 0 Å². The molecule has 3 heteroatoms. The number of nitrogens with zero attached hydrogens (tertiary/aromatic N) is 1. The second-order valence-electron chi connectivity index (χ2n) is 5.68. The van der Waals surface area contributed by atoms with Gasteiger partial charge in [0.25, 0.3) is 0 Å². The summed E-state index contributed by atoms with van der Waals surface area (Å²) in [6.07, 6.45) is 8.23. The lowest BCUT2D eigenvalue weighted by Gasteiger charge is -2.11. The lowest BCUT2D eigenvalue weighted by atomic mass is 9.98. The third-order valence-electron chi connectivity index (χ3n) is 4.49. The Labute approximate surface area is 113 Å². The highest BCUT2D eigenvalue weighted by Crippen LogP contribution is 2.33.